The molecule has 2 unspecified atom stereocenters. The standard InChI is InChI=1S/C15H23NO3/c1-11-6-5-7-13(8-11)15(10-16,14(17)19-4)9-12(2)18-3/h5-8,12H,9-10,16H2,1-4H3. The monoisotopic (exact) mass is 265 g/mol. The third kappa shape index (κ3) is 3.33. The minimum absolute atomic E-state index is 0.0804. The van der Waals surface area contributed by atoms with Gasteiger partial charge in [-0.3, -0.25) is 4.79 Å². The Labute approximate surface area is 114 Å². The molecule has 0 heterocycles. The summed E-state index contributed by atoms with van der Waals surface area (Å²) in [7, 11) is 3.01. The van der Waals surface area contributed by atoms with E-state index >= 15 is 0 Å². The van der Waals surface area contributed by atoms with Crippen LogP contribution in [0.1, 0.15) is 24.5 Å². The lowest BCUT2D eigenvalue weighted by Gasteiger charge is -2.32. The summed E-state index contributed by atoms with van der Waals surface area (Å²) in [5.41, 5.74) is 7.03. The van der Waals surface area contributed by atoms with Gasteiger partial charge in [-0.15, -0.1) is 0 Å². The Bertz CT molecular complexity index is 433. The maximum Gasteiger partial charge on any atom is 0.317 e. The van der Waals surface area contributed by atoms with Gasteiger partial charge in [0.05, 0.1) is 13.2 Å². The fourth-order valence-electron chi connectivity index (χ4n) is 2.32. The van der Waals surface area contributed by atoms with Crippen LogP contribution >= 0.6 is 0 Å². The van der Waals surface area contributed by atoms with Gasteiger partial charge in [-0.05, 0) is 25.8 Å². The highest BCUT2D eigenvalue weighted by Crippen LogP contribution is 2.31. The van der Waals surface area contributed by atoms with E-state index in [0.29, 0.717) is 6.42 Å². The molecule has 0 aromatic heterocycles. The molecule has 4 heteroatoms. The Morgan fingerprint density at radius 1 is 1.42 bits per heavy atom. The highest BCUT2D eigenvalue weighted by atomic mass is 16.5. The van der Waals surface area contributed by atoms with Crippen LogP contribution in [0.5, 0.6) is 0 Å². The van der Waals surface area contributed by atoms with Crippen molar-refractivity contribution in [1.29, 1.82) is 0 Å². The summed E-state index contributed by atoms with van der Waals surface area (Å²) in [6.07, 6.45) is 0.416. The van der Waals surface area contributed by atoms with Crippen LogP contribution in [0.4, 0.5) is 0 Å². The Kier molecular flexibility index (Phi) is 5.51. The van der Waals surface area contributed by atoms with Crippen molar-refractivity contribution in [3.8, 4) is 0 Å². The molecule has 4 nitrogen and oxygen atoms in total. The average molecular weight is 265 g/mol. The summed E-state index contributed by atoms with van der Waals surface area (Å²) >= 11 is 0. The van der Waals surface area contributed by atoms with E-state index in [1.165, 1.54) is 7.11 Å². The molecule has 2 N–H and O–H groups in total. The van der Waals surface area contributed by atoms with Crippen molar-refractivity contribution in [1.82, 2.24) is 0 Å². The molecule has 0 radical (unpaired) electrons. The molecule has 0 amide bonds. The smallest absolute Gasteiger partial charge is 0.317 e. The molecule has 0 aliphatic rings. The molecule has 1 aromatic rings. The van der Waals surface area contributed by atoms with Gasteiger partial charge in [-0.2, -0.15) is 0 Å². The van der Waals surface area contributed by atoms with Gasteiger partial charge in [0.1, 0.15) is 5.41 Å². The number of carbonyl (C=O) groups is 1. The molecule has 1 rings (SSSR count). The van der Waals surface area contributed by atoms with E-state index in [1.54, 1.807) is 7.11 Å². The molecule has 0 aliphatic heterocycles. The first-order valence-electron chi connectivity index (χ1n) is 6.38. The Morgan fingerprint density at radius 2 is 2.11 bits per heavy atom. The molecule has 0 saturated heterocycles. The lowest BCUT2D eigenvalue weighted by molar-refractivity contribution is -0.148. The highest BCUT2D eigenvalue weighted by molar-refractivity contribution is 5.83. The molecular formula is C15H23NO3. The number of rotatable bonds is 6. The summed E-state index contributed by atoms with van der Waals surface area (Å²) < 4.78 is 10.3. The van der Waals surface area contributed by atoms with E-state index in [9.17, 15) is 4.79 Å². The van der Waals surface area contributed by atoms with Crippen molar-refractivity contribution in [2.24, 2.45) is 5.73 Å². The molecule has 106 valence electrons. The van der Waals surface area contributed by atoms with Crippen LogP contribution in [-0.2, 0) is 19.7 Å². The summed E-state index contributed by atoms with van der Waals surface area (Å²) in [6.45, 7) is 4.10. The summed E-state index contributed by atoms with van der Waals surface area (Å²) in [5.74, 6) is -0.315. The second-order valence-corrected chi connectivity index (χ2v) is 4.90. The molecule has 19 heavy (non-hydrogen) atoms. The largest absolute Gasteiger partial charge is 0.468 e. The van der Waals surface area contributed by atoms with Gasteiger partial charge in [0.15, 0.2) is 0 Å². The van der Waals surface area contributed by atoms with Crippen LogP contribution in [0.2, 0.25) is 0 Å². The van der Waals surface area contributed by atoms with Gasteiger partial charge in [0.25, 0.3) is 0 Å². The van der Waals surface area contributed by atoms with Crippen molar-refractivity contribution in [2.75, 3.05) is 20.8 Å². The summed E-state index contributed by atoms with van der Waals surface area (Å²) in [4.78, 5) is 12.3. The first-order valence-corrected chi connectivity index (χ1v) is 6.38. The van der Waals surface area contributed by atoms with E-state index in [0.717, 1.165) is 11.1 Å². The van der Waals surface area contributed by atoms with Gasteiger partial charge < -0.3 is 15.2 Å². The minimum Gasteiger partial charge on any atom is -0.468 e. The fraction of sp³-hybridized carbons (Fsp3) is 0.533. The van der Waals surface area contributed by atoms with Gasteiger partial charge >= 0.3 is 5.97 Å². The Hall–Kier alpha value is -1.39. The maximum atomic E-state index is 12.3. The van der Waals surface area contributed by atoms with Crippen LogP contribution in [0, 0.1) is 6.92 Å². The van der Waals surface area contributed by atoms with Crippen LogP contribution in [-0.4, -0.2) is 32.8 Å². The van der Waals surface area contributed by atoms with Crippen molar-refractivity contribution >= 4 is 5.97 Å². The zero-order chi connectivity index (χ0) is 14.5. The molecular weight excluding hydrogens is 242 g/mol. The van der Waals surface area contributed by atoms with E-state index in [1.807, 2.05) is 38.1 Å². The lowest BCUT2D eigenvalue weighted by Crippen LogP contribution is -2.46. The Balaban J connectivity index is 3.27. The third-order valence-electron chi connectivity index (χ3n) is 3.53. The molecule has 0 aliphatic carbocycles. The minimum atomic E-state index is -0.851. The number of hydrogen-bond acceptors (Lipinski definition) is 4. The number of carbonyl (C=O) groups excluding carboxylic acids is 1. The van der Waals surface area contributed by atoms with Crippen LogP contribution in [0.15, 0.2) is 24.3 Å². The fourth-order valence-corrected chi connectivity index (χ4v) is 2.32. The number of ether oxygens (including phenoxy) is 2. The lowest BCUT2D eigenvalue weighted by atomic mass is 9.75. The van der Waals surface area contributed by atoms with Crippen molar-refractivity contribution in [3.63, 3.8) is 0 Å². The SMILES string of the molecule is COC(=O)C(CN)(CC(C)OC)c1cccc(C)c1. The molecule has 0 fully saturated rings. The number of benzene rings is 1. The van der Waals surface area contributed by atoms with E-state index < -0.39 is 5.41 Å². The molecule has 1 aromatic carbocycles. The predicted molar refractivity (Wildman–Crippen MR) is 75.0 cm³/mol. The highest BCUT2D eigenvalue weighted by Gasteiger charge is 2.41. The second-order valence-electron chi connectivity index (χ2n) is 4.90. The third-order valence-corrected chi connectivity index (χ3v) is 3.53. The van der Waals surface area contributed by atoms with Gasteiger partial charge in [0.2, 0.25) is 0 Å². The topological polar surface area (TPSA) is 61.5 Å². The van der Waals surface area contributed by atoms with E-state index in [-0.39, 0.29) is 18.6 Å². The Morgan fingerprint density at radius 3 is 2.58 bits per heavy atom. The maximum absolute atomic E-state index is 12.3. The molecule has 0 spiro atoms. The first-order chi connectivity index (χ1) is 9.00. The summed E-state index contributed by atoms with van der Waals surface area (Å²) in [5, 5.41) is 0. The number of methoxy groups -OCH3 is 2. The van der Waals surface area contributed by atoms with Crippen molar-refractivity contribution < 1.29 is 14.3 Å². The first kappa shape index (κ1) is 15.7. The van der Waals surface area contributed by atoms with Crippen molar-refractivity contribution in [3.05, 3.63) is 35.4 Å². The van der Waals surface area contributed by atoms with E-state index in [4.69, 9.17) is 15.2 Å². The molecule has 2 atom stereocenters. The number of aryl methyl sites for hydroxylation is 1. The quantitative estimate of drug-likeness (QED) is 0.797. The average Bonchev–Trinajstić information content (AvgIpc) is 2.43. The van der Waals surface area contributed by atoms with Gasteiger partial charge in [-0.1, -0.05) is 29.8 Å². The van der Waals surface area contributed by atoms with Gasteiger partial charge in [-0.25, -0.2) is 0 Å². The number of esters is 1. The predicted octanol–water partition coefficient (Wildman–Crippen LogP) is 1.79. The second kappa shape index (κ2) is 6.68. The molecule has 0 bridgehead atoms. The zero-order valence-electron chi connectivity index (χ0n) is 12.1. The van der Waals surface area contributed by atoms with E-state index in [2.05, 4.69) is 0 Å². The normalized spacial score (nSPS) is 15.6. The van der Waals surface area contributed by atoms with Crippen LogP contribution in [0.25, 0.3) is 0 Å². The number of hydrogen-bond donors (Lipinski definition) is 1. The zero-order valence-corrected chi connectivity index (χ0v) is 12.1. The van der Waals surface area contributed by atoms with Crippen molar-refractivity contribution in [2.45, 2.75) is 31.8 Å². The molecule has 0 saturated carbocycles. The van der Waals surface area contributed by atoms with Gasteiger partial charge in [0, 0.05) is 13.7 Å². The van der Waals surface area contributed by atoms with Crippen LogP contribution < -0.4 is 5.73 Å². The number of nitrogens with two attached hydrogens (primary N) is 1. The summed E-state index contributed by atoms with van der Waals surface area (Å²) in [6, 6.07) is 7.81. The van der Waals surface area contributed by atoms with Crippen LogP contribution in [0.3, 0.4) is 0 Å².